The standard InChI is InChI=1S/C18H32SSi/c1-12(2)20(13(3)4,14(5)6)19-18-16(8)10-15(7)11-17(18)9/h10-14H,1-9H3. The van der Waals surface area contributed by atoms with Crippen molar-refractivity contribution in [1.82, 2.24) is 0 Å². The average Bonchev–Trinajstić information content (AvgIpc) is 2.26. The molecule has 0 bridgehead atoms. The number of hydrogen-bond donors (Lipinski definition) is 0. The summed E-state index contributed by atoms with van der Waals surface area (Å²) >= 11 is 2.26. The molecule has 0 aliphatic heterocycles. The molecule has 1 rings (SSSR count). The van der Waals surface area contributed by atoms with Gasteiger partial charge in [0.1, 0.15) is 7.22 Å². The third-order valence-electron chi connectivity index (χ3n) is 4.59. The Hall–Kier alpha value is -0.213. The smallest absolute Gasteiger partial charge is 0.131 e. The minimum absolute atomic E-state index is 0.799. The summed E-state index contributed by atoms with van der Waals surface area (Å²) in [5, 5.41) is 0. The third kappa shape index (κ3) is 3.33. The number of rotatable bonds is 5. The molecule has 0 spiro atoms. The van der Waals surface area contributed by atoms with Crippen LogP contribution in [0.4, 0.5) is 0 Å². The molecule has 114 valence electrons. The largest absolute Gasteiger partial charge is 0.150 e. The monoisotopic (exact) mass is 308 g/mol. The first-order valence-corrected chi connectivity index (χ1v) is 11.7. The molecule has 0 saturated carbocycles. The molecule has 0 aliphatic rings. The van der Waals surface area contributed by atoms with Gasteiger partial charge in [0.25, 0.3) is 0 Å². The second-order valence-corrected chi connectivity index (χ2v) is 15.7. The molecular formula is C18H32SSi. The molecule has 0 fully saturated rings. The van der Waals surface area contributed by atoms with Gasteiger partial charge < -0.3 is 0 Å². The van der Waals surface area contributed by atoms with Crippen LogP contribution in [0.2, 0.25) is 16.6 Å². The van der Waals surface area contributed by atoms with Gasteiger partial charge in [-0.05, 0) is 48.5 Å². The van der Waals surface area contributed by atoms with Crippen LogP contribution in [0, 0.1) is 20.8 Å². The lowest BCUT2D eigenvalue weighted by atomic mass is 10.1. The Labute approximate surface area is 131 Å². The Balaban J connectivity index is 3.34. The van der Waals surface area contributed by atoms with E-state index in [2.05, 4.69) is 85.7 Å². The van der Waals surface area contributed by atoms with Crippen LogP contribution < -0.4 is 0 Å². The Kier molecular flexibility index (Phi) is 5.97. The van der Waals surface area contributed by atoms with Crippen LogP contribution in [0.3, 0.4) is 0 Å². The fourth-order valence-corrected chi connectivity index (χ4v) is 13.5. The van der Waals surface area contributed by atoms with E-state index in [1.807, 2.05) is 0 Å². The number of benzene rings is 1. The van der Waals surface area contributed by atoms with E-state index in [0.29, 0.717) is 0 Å². The lowest BCUT2D eigenvalue weighted by Gasteiger charge is -2.42. The summed E-state index contributed by atoms with van der Waals surface area (Å²) in [5.41, 5.74) is 6.71. The zero-order chi connectivity index (χ0) is 15.7. The van der Waals surface area contributed by atoms with Crippen molar-refractivity contribution in [3.8, 4) is 0 Å². The molecule has 0 N–H and O–H groups in total. The van der Waals surface area contributed by atoms with Crippen LogP contribution in [-0.2, 0) is 0 Å². The van der Waals surface area contributed by atoms with E-state index in [1.165, 1.54) is 16.7 Å². The van der Waals surface area contributed by atoms with Crippen molar-refractivity contribution < 1.29 is 0 Å². The van der Waals surface area contributed by atoms with Crippen molar-refractivity contribution in [3.63, 3.8) is 0 Å². The Morgan fingerprint density at radius 3 is 1.40 bits per heavy atom. The van der Waals surface area contributed by atoms with Crippen molar-refractivity contribution in [2.24, 2.45) is 0 Å². The fraction of sp³-hybridized carbons (Fsp3) is 0.667. The molecule has 1 aromatic rings. The van der Waals surface area contributed by atoms with Gasteiger partial charge in [0.05, 0.1) is 0 Å². The Morgan fingerprint density at radius 2 is 1.10 bits per heavy atom. The van der Waals surface area contributed by atoms with E-state index in [4.69, 9.17) is 0 Å². The predicted molar refractivity (Wildman–Crippen MR) is 97.6 cm³/mol. The summed E-state index contributed by atoms with van der Waals surface area (Å²) in [7, 11) is -1.43. The SMILES string of the molecule is Cc1cc(C)c(S[Si](C(C)C)(C(C)C)C(C)C)c(C)c1. The topological polar surface area (TPSA) is 0 Å². The zero-order valence-corrected chi connectivity index (χ0v) is 16.6. The highest BCUT2D eigenvalue weighted by Gasteiger charge is 2.44. The van der Waals surface area contributed by atoms with E-state index in [-0.39, 0.29) is 0 Å². The lowest BCUT2D eigenvalue weighted by molar-refractivity contribution is 0.851. The average molecular weight is 309 g/mol. The molecule has 0 unspecified atom stereocenters. The summed E-state index contributed by atoms with van der Waals surface area (Å²) in [6.07, 6.45) is 0. The second-order valence-electron chi connectivity index (χ2n) is 7.15. The summed E-state index contributed by atoms with van der Waals surface area (Å²) < 4.78 is 0. The summed E-state index contributed by atoms with van der Waals surface area (Å²) in [6, 6.07) is 4.69. The minimum atomic E-state index is -1.43. The Morgan fingerprint density at radius 1 is 0.750 bits per heavy atom. The molecule has 0 heterocycles. The highest BCUT2D eigenvalue weighted by Crippen LogP contribution is 2.53. The zero-order valence-electron chi connectivity index (χ0n) is 14.8. The van der Waals surface area contributed by atoms with Crippen LogP contribution in [0.5, 0.6) is 0 Å². The third-order valence-corrected chi connectivity index (χ3v) is 17.1. The van der Waals surface area contributed by atoms with Gasteiger partial charge in [0, 0.05) is 4.90 Å². The molecule has 0 atom stereocenters. The maximum atomic E-state index is 2.44. The quantitative estimate of drug-likeness (QED) is 0.534. The fourth-order valence-electron chi connectivity index (χ4n) is 3.86. The van der Waals surface area contributed by atoms with Crippen molar-refractivity contribution in [3.05, 3.63) is 28.8 Å². The van der Waals surface area contributed by atoms with Crippen LogP contribution in [-0.4, -0.2) is 7.22 Å². The molecule has 0 aromatic heterocycles. The van der Waals surface area contributed by atoms with Gasteiger partial charge in [-0.15, -0.1) is 11.2 Å². The molecule has 0 amide bonds. The van der Waals surface area contributed by atoms with Gasteiger partial charge >= 0.3 is 0 Å². The molecule has 0 saturated heterocycles. The molecule has 20 heavy (non-hydrogen) atoms. The van der Waals surface area contributed by atoms with Crippen molar-refractivity contribution in [2.45, 2.75) is 83.8 Å². The maximum Gasteiger partial charge on any atom is 0.131 e. The first-order chi connectivity index (χ1) is 9.12. The summed E-state index contributed by atoms with van der Waals surface area (Å²) in [5.74, 6) is 0. The first-order valence-electron chi connectivity index (χ1n) is 7.89. The van der Waals surface area contributed by atoms with Gasteiger partial charge in [0.2, 0.25) is 0 Å². The molecule has 0 aliphatic carbocycles. The van der Waals surface area contributed by atoms with Crippen LogP contribution in [0.25, 0.3) is 0 Å². The second kappa shape index (κ2) is 6.70. The Bertz CT molecular complexity index is 416. The molecule has 0 nitrogen and oxygen atoms in total. The van der Waals surface area contributed by atoms with Gasteiger partial charge in [-0.25, -0.2) is 0 Å². The first kappa shape index (κ1) is 17.8. The van der Waals surface area contributed by atoms with E-state index in [0.717, 1.165) is 16.6 Å². The highest BCUT2D eigenvalue weighted by molar-refractivity contribution is 8.29. The van der Waals surface area contributed by atoms with Crippen molar-refractivity contribution in [1.29, 1.82) is 0 Å². The van der Waals surface area contributed by atoms with Crippen LogP contribution in [0.1, 0.15) is 58.2 Å². The maximum absolute atomic E-state index is 2.44. The lowest BCUT2D eigenvalue weighted by Crippen LogP contribution is -2.41. The van der Waals surface area contributed by atoms with Crippen LogP contribution in [0.15, 0.2) is 17.0 Å². The van der Waals surface area contributed by atoms with E-state index in [1.54, 1.807) is 4.90 Å². The number of aryl methyl sites for hydroxylation is 3. The van der Waals surface area contributed by atoms with E-state index < -0.39 is 7.22 Å². The van der Waals surface area contributed by atoms with E-state index in [9.17, 15) is 0 Å². The molecule has 0 radical (unpaired) electrons. The van der Waals surface area contributed by atoms with Gasteiger partial charge in [-0.3, -0.25) is 0 Å². The molecule has 2 heteroatoms. The minimum Gasteiger partial charge on any atom is -0.150 e. The van der Waals surface area contributed by atoms with E-state index >= 15 is 0 Å². The van der Waals surface area contributed by atoms with Crippen LogP contribution >= 0.6 is 11.2 Å². The summed E-state index contributed by atoms with van der Waals surface area (Å²) in [6.45, 7) is 21.4. The summed E-state index contributed by atoms with van der Waals surface area (Å²) in [4.78, 5) is 1.55. The van der Waals surface area contributed by atoms with Gasteiger partial charge in [-0.1, -0.05) is 59.2 Å². The molecular weight excluding hydrogens is 276 g/mol. The molecule has 1 aromatic carbocycles. The number of hydrogen-bond acceptors (Lipinski definition) is 1. The van der Waals surface area contributed by atoms with Crippen molar-refractivity contribution >= 4 is 18.4 Å². The highest BCUT2D eigenvalue weighted by atomic mass is 32.4. The normalized spacial score (nSPS) is 12.8. The van der Waals surface area contributed by atoms with Gasteiger partial charge in [0.15, 0.2) is 0 Å². The van der Waals surface area contributed by atoms with Crippen molar-refractivity contribution in [2.75, 3.05) is 0 Å². The predicted octanol–water partition coefficient (Wildman–Crippen LogP) is 6.88. The van der Waals surface area contributed by atoms with Gasteiger partial charge in [-0.2, -0.15) is 0 Å².